The molecule has 24 heavy (non-hydrogen) atoms. The number of ether oxygens (including phenoxy) is 1. The van der Waals surface area contributed by atoms with Crippen molar-refractivity contribution in [3.8, 4) is 5.75 Å². The first kappa shape index (κ1) is 18.8. The summed E-state index contributed by atoms with van der Waals surface area (Å²) >= 11 is 0. The van der Waals surface area contributed by atoms with Crippen molar-refractivity contribution in [2.45, 2.75) is 19.4 Å². The highest BCUT2D eigenvalue weighted by Gasteiger charge is 2.32. The van der Waals surface area contributed by atoms with Gasteiger partial charge in [0.05, 0.1) is 6.61 Å². The molecule has 0 unspecified atom stereocenters. The summed E-state index contributed by atoms with van der Waals surface area (Å²) in [5.74, 6) is 2.03. The lowest BCUT2D eigenvalue weighted by Gasteiger charge is -2.17. The van der Waals surface area contributed by atoms with Crippen LogP contribution in [0.1, 0.15) is 24.0 Å². The van der Waals surface area contributed by atoms with E-state index in [2.05, 4.69) is 53.4 Å². The molecule has 1 heterocycles. The van der Waals surface area contributed by atoms with Gasteiger partial charge in [-0.1, -0.05) is 42.5 Å². The molecule has 2 aromatic rings. The number of nitrogens with zero attached hydrogens (tertiary/aromatic N) is 1. The smallest absolute Gasteiger partial charge is 0.119 e. The minimum absolute atomic E-state index is 0. The largest absolute Gasteiger partial charge is 0.494 e. The van der Waals surface area contributed by atoms with Crippen LogP contribution in [0.25, 0.3) is 0 Å². The molecule has 1 aliphatic rings. The van der Waals surface area contributed by atoms with Crippen molar-refractivity contribution in [3.63, 3.8) is 0 Å². The second-order valence-corrected chi connectivity index (χ2v) is 6.29. The average molecular weight is 347 g/mol. The van der Waals surface area contributed by atoms with Gasteiger partial charge in [0.25, 0.3) is 0 Å². The fraction of sp³-hybridized carbons (Fsp3) is 0.400. The topological polar surface area (TPSA) is 38.5 Å². The van der Waals surface area contributed by atoms with Crippen LogP contribution in [0.15, 0.2) is 54.6 Å². The Morgan fingerprint density at radius 2 is 1.88 bits per heavy atom. The van der Waals surface area contributed by atoms with Crippen LogP contribution in [0, 0.1) is 5.92 Å². The van der Waals surface area contributed by atoms with E-state index in [9.17, 15) is 0 Å². The summed E-state index contributed by atoms with van der Waals surface area (Å²) in [4.78, 5) is 2.51. The van der Waals surface area contributed by atoms with Crippen molar-refractivity contribution < 1.29 is 4.74 Å². The Morgan fingerprint density at radius 1 is 1.08 bits per heavy atom. The van der Waals surface area contributed by atoms with Gasteiger partial charge in [0.2, 0.25) is 0 Å². The van der Waals surface area contributed by atoms with Crippen LogP contribution in [-0.2, 0) is 6.54 Å². The van der Waals surface area contributed by atoms with Crippen LogP contribution in [0.2, 0.25) is 0 Å². The Balaban J connectivity index is 0.00000208. The Bertz CT molecular complexity index is 620. The number of hydrogen-bond donors (Lipinski definition) is 1. The zero-order valence-corrected chi connectivity index (χ0v) is 15.0. The van der Waals surface area contributed by atoms with Crippen LogP contribution in [0.5, 0.6) is 5.75 Å². The average Bonchev–Trinajstić information content (AvgIpc) is 2.99. The molecule has 2 aromatic carbocycles. The first-order valence-corrected chi connectivity index (χ1v) is 8.49. The number of likely N-dealkylation sites (tertiary alicyclic amines) is 1. The SMILES string of the molecule is CCOc1cccc(CN2C[C@@H](CN)[C@H](c3ccccc3)C2)c1.Cl. The van der Waals surface area contributed by atoms with Crippen LogP contribution in [-0.4, -0.2) is 31.1 Å². The maximum Gasteiger partial charge on any atom is 0.119 e. The van der Waals surface area contributed by atoms with Gasteiger partial charge in [0, 0.05) is 25.6 Å². The molecule has 0 saturated carbocycles. The van der Waals surface area contributed by atoms with E-state index in [1.165, 1.54) is 11.1 Å². The molecule has 4 heteroatoms. The maximum absolute atomic E-state index is 6.03. The first-order chi connectivity index (χ1) is 11.3. The predicted molar refractivity (Wildman–Crippen MR) is 102 cm³/mol. The quantitative estimate of drug-likeness (QED) is 0.867. The number of rotatable bonds is 6. The van der Waals surface area contributed by atoms with E-state index in [4.69, 9.17) is 10.5 Å². The van der Waals surface area contributed by atoms with Gasteiger partial charge in [-0.2, -0.15) is 0 Å². The third-order valence-electron chi connectivity index (χ3n) is 4.66. The van der Waals surface area contributed by atoms with Gasteiger partial charge in [-0.3, -0.25) is 4.90 Å². The zero-order chi connectivity index (χ0) is 16.1. The van der Waals surface area contributed by atoms with E-state index in [1.807, 2.05) is 13.0 Å². The highest BCUT2D eigenvalue weighted by atomic mass is 35.5. The zero-order valence-electron chi connectivity index (χ0n) is 14.2. The molecule has 0 spiro atoms. The molecular formula is C20H27ClN2O. The second-order valence-electron chi connectivity index (χ2n) is 6.29. The van der Waals surface area contributed by atoms with Crippen molar-refractivity contribution >= 4 is 12.4 Å². The van der Waals surface area contributed by atoms with Crippen molar-refractivity contribution in [2.24, 2.45) is 11.7 Å². The molecule has 0 amide bonds. The van der Waals surface area contributed by atoms with Gasteiger partial charge in [0.15, 0.2) is 0 Å². The minimum atomic E-state index is 0. The molecule has 130 valence electrons. The predicted octanol–water partition coefficient (Wildman–Crippen LogP) is 3.68. The minimum Gasteiger partial charge on any atom is -0.494 e. The molecule has 1 saturated heterocycles. The fourth-order valence-corrected chi connectivity index (χ4v) is 3.56. The summed E-state index contributed by atoms with van der Waals surface area (Å²) in [6.07, 6.45) is 0. The molecule has 2 N–H and O–H groups in total. The number of benzene rings is 2. The van der Waals surface area contributed by atoms with E-state index in [0.29, 0.717) is 18.4 Å². The summed E-state index contributed by atoms with van der Waals surface area (Å²) < 4.78 is 5.61. The van der Waals surface area contributed by atoms with Gasteiger partial charge in [0.1, 0.15) is 5.75 Å². The molecule has 2 atom stereocenters. The molecule has 0 radical (unpaired) electrons. The van der Waals surface area contributed by atoms with Crippen molar-refractivity contribution in [2.75, 3.05) is 26.2 Å². The molecule has 1 fully saturated rings. The molecule has 0 aromatic heterocycles. The third-order valence-corrected chi connectivity index (χ3v) is 4.66. The first-order valence-electron chi connectivity index (χ1n) is 8.49. The molecular weight excluding hydrogens is 320 g/mol. The lowest BCUT2D eigenvalue weighted by molar-refractivity contribution is 0.313. The lowest BCUT2D eigenvalue weighted by atomic mass is 9.89. The van der Waals surface area contributed by atoms with Crippen LogP contribution in [0.4, 0.5) is 0 Å². The van der Waals surface area contributed by atoms with Gasteiger partial charge in [-0.25, -0.2) is 0 Å². The summed E-state index contributed by atoms with van der Waals surface area (Å²) in [6.45, 7) is 6.57. The maximum atomic E-state index is 6.03. The van der Waals surface area contributed by atoms with Crippen LogP contribution in [0.3, 0.4) is 0 Å². The van der Waals surface area contributed by atoms with E-state index in [0.717, 1.165) is 31.9 Å². The summed E-state index contributed by atoms with van der Waals surface area (Å²) in [5, 5.41) is 0. The Hall–Kier alpha value is -1.55. The summed E-state index contributed by atoms with van der Waals surface area (Å²) in [7, 11) is 0. The van der Waals surface area contributed by atoms with Gasteiger partial charge in [-0.15, -0.1) is 12.4 Å². The summed E-state index contributed by atoms with van der Waals surface area (Å²) in [6, 6.07) is 19.2. The highest BCUT2D eigenvalue weighted by molar-refractivity contribution is 5.85. The Kier molecular flexibility index (Phi) is 7.10. The standard InChI is InChI=1S/C20H26N2O.ClH/c1-2-23-19-10-6-7-16(11-19)13-22-14-18(12-21)20(15-22)17-8-4-3-5-9-17;/h3-11,18,20H,2,12-15,21H2,1H3;1H/t18-,20+;/m1./s1. The molecule has 3 rings (SSSR count). The third kappa shape index (κ3) is 4.50. The molecule has 3 nitrogen and oxygen atoms in total. The van der Waals surface area contributed by atoms with Gasteiger partial charge < -0.3 is 10.5 Å². The molecule has 0 aliphatic carbocycles. The monoisotopic (exact) mass is 346 g/mol. The number of nitrogens with two attached hydrogens (primary N) is 1. The fourth-order valence-electron chi connectivity index (χ4n) is 3.56. The van der Waals surface area contributed by atoms with Gasteiger partial charge >= 0.3 is 0 Å². The van der Waals surface area contributed by atoms with E-state index in [1.54, 1.807) is 0 Å². The number of hydrogen-bond acceptors (Lipinski definition) is 3. The summed E-state index contributed by atoms with van der Waals surface area (Å²) in [5.41, 5.74) is 8.75. The highest BCUT2D eigenvalue weighted by Crippen LogP contribution is 2.33. The van der Waals surface area contributed by atoms with Gasteiger partial charge in [-0.05, 0) is 42.6 Å². The Labute approximate surface area is 151 Å². The van der Waals surface area contributed by atoms with Crippen LogP contribution >= 0.6 is 12.4 Å². The second kappa shape index (κ2) is 9.07. The lowest BCUT2D eigenvalue weighted by Crippen LogP contribution is -2.23. The van der Waals surface area contributed by atoms with Crippen molar-refractivity contribution in [1.29, 1.82) is 0 Å². The Morgan fingerprint density at radius 3 is 2.58 bits per heavy atom. The van der Waals surface area contributed by atoms with E-state index in [-0.39, 0.29) is 12.4 Å². The van der Waals surface area contributed by atoms with Crippen molar-refractivity contribution in [3.05, 3.63) is 65.7 Å². The molecule has 1 aliphatic heterocycles. The normalized spacial score (nSPS) is 20.6. The van der Waals surface area contributed by atoms with Crippen LogP contribution < -0.4 is 10.5 Å². The van der Waals surface area contributed by atoms with Crippen molar-refractivity contribution in [1.82, 2.24) is 4.90 Å². The number of halogens is 1. The van der Waals surface area contributed by atoms with E-state index < -0.39 is 0 Å². The van der Waals surface area contributed by atoms with E-state index >= 15 is 0 Å². The molecule has 0 bridgehead atoms.